The van der Waals surface area contributed by atoms with Gasteiger partial charge in [0.05, 0.1) is 6.61 Å². The van der Waals surface area contributed by atoms with Crippen LogP contribution in [0.3, 0.4) is 0 Å². The molecule has 0 atom stereocenters. The molecule has 3 heteroatoms. The number of phenolic OH excluding ortho intramolecular Hbond substituents is 2. The molecule has 0 unspecified atom stereocenters. The van der Waals surface area contributed by atoms with Crippen molar-refractivity contribution < 1.29 is 14.9 Å². The zero-order valence-electron chi connectivity index (χ0n) is 10.5. The fraction of sp³-hybridized carbons (Fsp3) is 0.333. The number of ether oxygens (including phenoxy) is 1. The van der Waals surface area contributed by atoms with Gasteiger partial charge in [-0.15, -0.1) is 0 Å². The van der Waals surface area contributed by atoms with Crippen LogP contribution < -0.4 is 4.74 Å². The van der Waals surface area contributed by atoms with Crippen molar-refractivity contribution in [3.63, 3.8) is 0 Å². The molecule has 0 aliphatic carbocycles. The Hall–Kier alpha value is -1.90. The number of aromatic hydroxyl groups is 2. The molecule has 0 fully saturated rings. The first-order valence-electron chi connectivity index (χ1n) is 6.30. The maximum absolute atomic E-state index is 10.1. The smallest absolute Gasteiger partial charge is 0.165 e. The number of fused-ring (bicyclic) bond motifs is 1. The summed E-state index contributed by atoms with van der Waals surface area (Å²) in [5.41, 5.74) is 0. The van der Waals surface area contributed by atoms with Crippen LogP contribution in [0.4, 0.5) is 0 Å². The molecule has 0 aromatic heterocycles. The second-order valence-corrected chi connectivity index (χ2v) is 4.34. The fourth-order valence-corrected chi connectivity index (χ4v) is 1.96. The van der Waals surface area contributed by atoms with Crippen LogP contribution in [0.1, 0.15) is 26.2 Å². The van der Waals surface area contributed by atoms with Gasteiger partial charge in [0.1, 0.15) is 5.75 Å². The Morgan fingerprint density at radius 1 is 1.06 bits per heavy atom. The lowest BCUT2D eigenvalue weighted by Crippen LogP contribution is -1.97. The van der Waals surface area contributed by atoms with E-state index in [1.807, 2.05) is 12.1 Å². The summed E-state index contributed by atoms with van der Waals surface area (Å²) in [7, 11) is 0. The summed E-state index contributed by atoms with van der Waals surface area (Å²) in [6, 6.07) is 8.66. The van der Waals surface area contributed by atoms with Crippen LogP contribution >= 0.6 is 0 Å². The van der Waals surface area contributed by atoms with Crippen LogP contribution in [-0.4, -0.2) is 16.8 Å². The molecule has 0 spiro atoms. The Morgan fingerprint density at radius 3 is 2.50 bits per heavy atom. The topological polar surface area (TPSA) is 49.7 Å². The molecule has 2 aromatic rings. The minimum absolute atomic E-state index is 0.0971. The van der Waals surface area contributed by atoms with Gasteiger partial charge in [0.2, 0.25) is 0 Å². The van der Waals surface area contributed by atoms with Crippen molar-refractivity contribution in [2.24, 2.45) is 0 Å². The van der Waals surface area contributed by atoms with Gasteiger partial charge in [-0.3, -0.25) is 0 Å². The first-order valence-corrected chi connectivity index (χ1v) is 6.30. The molecule has 2 rings (SSSR count). The quantitative estimate of drug-likeness (QED) is 0.623. The van der Waals surface area contributed by atoms with E-state index in [0.717, 1.165) is 19.3 Å². The van der Waals surface area contributed by atoms with Crippen LogP contribution in [-0.2, 0) is 0 Å². The standard InChI is InChI=1S/C15H18O3/c1-2-3-6-9-18-14-10-13(16)11-7-4-5-8-12(11)15(14)17/h4-5,7-8,10,16-17H,2-3,6,9H2,1H3. The van der Waals surface area contributed by atoms with Gasteiger partial charge in [-0.05, 0) is 6.42 Å². The largest absolute Gasteiger partial charge is 0.507 e. The Kier molecular flexibility index (Phi) is 3.92. The average molecular weight is 246 g/mol. The monoisotopic (exact) mass is 246 g/mol. The van der Waals surface area contributed by atoms with Gasteiger partial charge >= 0.3 is 0 Å². The zero-order chi connectivity index (χ0) is 13.0. The molecular weight excluding hydrogens is 228 g/mol. The average Bonchev–Trinajstić information content (AvgIpc) is 2.40. The van der Waals surface area contributed by atoms with Gasteiger partial charge < -0.3 is 14.9 Å². The van der Waals surface area contributed by atoms with Gasteiger partial charge in [0.15, 0.2) is 11.5 Å². The van der Waals surface area contributed by atoms with E-state index < -0.39 is 0 Å². The summed E-state index contributed by atoms with van der Waals surface area (Å²) < 4.78 is 5.52. The maximum atomic E-state index is 10.1. The molecule has 2 aromatic carbocycles. The second kappa shape index (κ2) is 5.63. The molecule has 0 aliphatic heterocycles. The third-order valence-corrected chi connectivity index (χ3v) is 2.96. The van der Waals surface area contributed by atoms with E-state index in [1.165, 1.54) is 6.07 Å². The van der Waals surface area contributed by atoms with E-state index in [-0.39, 0.29) is 11.5 Å². The first kappa shape index (κ1) is 12.6. The van der Waals surface area contributed by atoms with Crippen LogP contribution in [0.15, 0.2) is 30.3 Å². The number of rotatable bonds is 5. The molecule has 0 amide bonds. The molecule has 0 saturated carbocycles. The predicted octanol–water partition coefficient (Wildman–Crippen LogP) is 3.82. The number of unbranched alkanes of at least 4 members (excludes halogenated alkanes) is 2. The minimum atomic E-state index is 0.0971. The van der Waals surface area contributed by atoms with Gasteiger partial charge in [-0.1, -0.05) is 44.0 Å². The fourth-order valence-electron chi connectivity index (χ4n) is 1.96. The summed E-state index contributed by atoms with van der Waals surface area (Å²) in [5.74, 6) is 0.580. The Morgan fingerprint density at radius 2 is 1.78 bits per heavy atom. The predicted molar refractivity (Wildman–Crippen MR) is 72.3 cm³/mol. The van der Waals surface area contributed by atoms with E-state index in [9.17, 15) is 10.2 Å². The maximum Gasteiger partial charge on any atom is 0.165 e. The molecule has 0 aliphatic rings. The molecule has 3 nitrogen and oxygen atoms in total. The van der Waals surface area contributed by atoms with Crippen molar-refractivity contribution in [3.8, 4) is 17.2 Å². The van der Waals surface area contributed by atoms with E-state index in [0.29, 0.717) is 23.1 Å². The summed E-state index contributed by atoms with van der Waals surface area (Å²) in [4.78, 5) is 0. The summed E-state index contributed by atoms with van der Waals surface area (Å²) >= 11 is 0. The van der Waals surface area contributed by atoms with Crippen molar-refractivity contribution in [2.45, 2.75) is 26.2 Å². The van der Waals surface area contributed by atoms with Crippen LogP contribution in [0.5, 0.6) is 17.2 Å². The van der Waals surface area contributed by atoms with E-state index in [4.69, 9.17) is 4.74 Å². The molecule has 0 heterocycles. The van der Waals surface area contributed by atoms with Gasteiger partial charge in [0.25, 0.3) is 0 Å². The van der Waals surface area contributed by atoms with Crippen LogP contribution in [0.25, 0.3) is 10.8 Å². The summed E-state index contributed by atoms with van der Waals surface area (Å²) in [6.45, 7) is 2.68. The second-order valence-electron chi connectivity index (χ2n) is 4.34. The van der Waals surface area contributed by atoms with Crippen molar-refractivity contribution in [1.82, 2.24) is 0 Å². The normalized spacial score (nSPS) is 10.7. The summed E-state index contributed by atoms with van der Waals surface area (Å²) in [6.07, 6.45) is 3.17. The third kappa shape index (κ3) is 2.50. The molecular formula is C15H18O3. The number of phenols is 2. The van der Waals surface area contributed by atoms with E-state index in [1.54, 1.807) is 12.1 Å². The molecule has 96 valence electrons. The zero-order valence-corrected chi connectivity index (χ0v) is 10.5. The lowest BCUT2D eigenvalue weighted by molar-refractivity contribution is 0.290. The Labute approximate surface area is 107 Å². The van der Waals surface area contributed by atoms with Crippen molar-refractivity contribution in [3.05, 3.63) is 30.3 Å². The molecule has 18 heavy (non-hydrogen) atoms. The van der Waals surface area contributed by atoms with Crippen LogP contribution in [0, 0.1) is 0 Å². The van der Waals surface area contributed by atoms with Crippen molar-refractivity contribution in [1.29, 1.82) is 0 Å². The summed E-state index contributed by atoms with van der Waals surface area (Å²) in [5, 5.41) is 21.2. The highest BCUT2D eigenvalue weighted by atomic mass is 16.5. The number of hydrogen-bond donors (Lipinski definition) is 2. The number of benzene rings is 2. The molecule has 2 N–H and O–H groups in total. The third-order valence-electron chi connectivity index (χ3n) is 2.96. The highest BCUT2D eigenvalue weighted by Crippen LogP contribution is 2.39. The van der Waals surface area contributed by atoms with Crippen molar-refractivity contribution in [2.75, 3.05) is 6.61 Å². The van der Waals surface area contributed by atoms with Gasteiger partial charge in [0, 0.05) is 16.8 Å². The Balaban J connectivity index is 2.26. The molecule has 0 radical (unpaired) electrons. The highest BCUT2D eigenvalue weighted by Gasteiger charge is 2.11. The first-order chi connectivity index (χ1) is 8.74. The number of hydrogen-bond acceptors (Lipinski definition) is 3. The molecule has 0 bridgehead atoms. The molecule has 0 saturated heterocycles. The minimum Gasteiger partial charge on any atom is -0.507 e. The lowest BCUT2D eigenvalue weighted by atomic mass is 10.1. The lowest BCUT2D eigenvalue weighted by Gasteiger charge is -2.11. The van der Waals surface area contributed by atoms with Gasteiger partial charge in [-0.25, -0.2) is 0 Å². The van der Waals surface area contributed by atoms with Crippen LogP contribution in [0.2, 0.25) is 0 Å². The van der Waals surface area contributed by atoms with E-state index in [2.05, 4.69) is 6.92 Å². The SMILES string of the molecule is CCCCCOc1cc(O)c2ccccc2c1O. The highest BCUT2D eigenvalue weighted by molar-refractivity contribution is 5.95. The van der Waals surface area contributed by atoms with E-state index >= 15 is 0 Å². The van der Waals surface area contributed by atoms with Crippen molar-refractivity contribution >= 4 is 10.8 Å². The van der Waals surface area contributed by atoms with Gasteiger partial charge in [-0.2, -0.15) is 0 Å². The Bertz CT molecular complexity index is 534.